The maximum absolute atomic E-state index is 12.3. The number of nitrogens with zero attached hydrogens (tertiary/aromatic N) is 1. The van der Waals surface area contributed by atoms with E-state index in [1.165, 1.54) is 19.2 Å². The van der Waals surface area contributed by atoms with Gasteiger partial charge in [-0.15, -0.1) is 0 Å². The van der Waals surface area contributed by atoms with Crippen LogP contribution in [0.15, 0.2) is 30.3 Å². The molecule has 6 nitrogen and oxygen atoms in total. The van der Waals surface area contributed by atoms with Gasteiger partial charge in [0.25, 0.3) is 0 Å². The number of nitro benzene ring substituents is 1. The van der Waals surface area contributed by atoms with Crippen LogP contribution in [-0.2, 0) is 0 Å². The van der Waals surface area contributed by atoms with Crippen LogP contribution >= 0.6 is 0 Å². The van der Waals surface area contributed by atoms with Crippen molar-refractivity contribution in [2.24, 2.45) is 0 Å². The number of ether oxygens (including phenoxy) is 2. The zero-order valence-electron chi connectivity index (χ0n) is 13.4. The van der Waals surface area contributed by atoms with Gasteiger partial charge in [-0.2, -0.15) is 0 Å². The largest absolute Gasteiger partial charge is 0.490 e. The van der Waals surface area contributed by atoms with Crippen LogP contribution in [0.3, 0.4) is 0 Å². The summed E-state index contributed by atoms with van der Waals surface area (Å²) in [5.74, 6) is -0.107. The van der Waals surface area contributed by atoms with Crippen molar-refractivity contribution in [3.05, 3.63) is 62.7 Å². The van der Waals surface area contributed by atoms with Crippen LogP contribution in [0.5, 0.6) is 11.5 Å². The lowest BCUT2D eigenvalue weighted by Gasteiger charge is -2.11. The maximum atomic E-state index is 12.3. The molecule has 0 saturated carbocycles. The third-order valence-electron chi connectivity index (χ3n) is 3.58. The first-order chi connectivity index (χ1) is 10.8. The topological polar surface area (TPSA) is 78.7 Å². The number of rotatable bonds is 4. The van der Waals surface area contributed by atoms with Gasteiger partial charge in [0.15, 0.2) is 5.75 Å². The Kier molecular flexibility index (Phi) is 4.64. The Balaban J connectivity index is 2.35. The van der Waals surface area contributed by atoms with Crippen molar-refractivity contribution >= 4 is 11.7 Å². The van der Waals surface area contributed by atoms with Gasteiger partial charge in [-0.05, 0) is 55.7 Å². The number of hydrogen-bond acceptors (Lipinski definition) is 5. The summed E-state index contributed by atoms with van der Waals surface area (Å²) in [6, 6.07) is 7.72. The molecule has 0 aliphatic rings. The Hall–Kier alpha value is -2.89. The smallest absolute Gasteiger partial charge is 0.343 e. The molecular weight excluding hydrogens is 298 g/mol. The number of nitro groups is 1. The monoisotopic (exact) mass is 315 g/mol. The Morgan fingerprint density at radius 3 is 2.39 bits per heavy atom. The molecule has 0 heterocycles. The summed E-state index contributed by atoms with van der Waals surface area (Å²) in [5.41, 5.74) is 2.65. The van der Waals surface area contributed by atoms with Crippen molar-refractivity contribution in [3.63, 3.8) is 0 Å². The molecular formula is C17H17NO5. The van der Waals surface area contributed by atoms with Gasteiger partial charge in [0.2, 0.25) is 0 Å². The Morgan fingerprint density at radius 2 is 1.78 bits per heavy atom. The second kappa shape index (κ2) is 6.48. The summed E-state index contributed by atoms with van der Waals surface area (Å²) in [7, 11) is 1.33. The number of methoxy groups -OCH3 is 1. The second-order valence-electron chi connectivity index (χ2n) is 5.24. The molecule has 0 radical (unpaired) electrons. The van der Waals surface area contributed by atoms with Crippen molar-refractivity contribution in [2.75, 3.05) is 7.11 Å². The van der Waals surface area contributed by atoms with Gasteiger partial charge >= 0.3 is 11.7 Å². The molecule has 0 aliphatic heterocycles. The molecule has 6 heteroatoms. The molecule has 0 amide bonds. The van der Waals surface area contributed by atoms with Gasteiger partial charge in [-0.1, -0.05) is 6.07 Å². The van der Waals surface area contributed by atoms with Gasteiger partial charge in [0.1, 0.15) is 5.75 Å². The number of hydrogen-bond donors (Lipinski definition) is 0. The van der Waals surface area contributed by atoms with Crippen molar-refractivity contribution in [3.8, 4) is 11.5 Å². The van der Waals surface area contributed by atoms with Crippen LogP contribution in [0.2, 0.25) is 0 Å². The average molecular weight is 315 g/mol. The highest BCUT2D eigenvalue weighted by atomic mass is 16.6. The first kappa shape index (κ1) is 16.5. The van der Waals surface area contributed by atoms with E-state index in [2.05, 4.69) is 0 Å². The van der Waals surface area contributed by atoms with Gasteiger partial charge in [-0.25, -0.2) is 4.79 Å². The SMILES string of the molecule is COc1ccc(C(=O)Oc2cc(C)cc(C)c2C)cc1[N+](=O)[O-]. The average Bonchev–Trinajstić information content (AvgIpc) is 2.51. The van der Waals surface area contributed by atoms with Gasteiger partial charge in [-0.3, -0.25) is 10.1 Å². The van der Waals surface area contributed by atoms with Gasteiger partial charge in [0, 0.05) is 6.07 Å². The molecule has 0 N–H and O–H groups in total. The third kappa shape index (κ3) is 3.48. The van der Waals surface area contributed by atoms with Crippen molar-refractivity contribution in [1.82, 2.24) is 0 Å². The van der Waals surface area contributed by atoms with E-state index in [1.807, 2.05) is 26.8 Å². The predicted octanol–water partition coefficient (Wildman–Crippen LogP) is 3.75. The quantitative estimate of drug-likeness (QED) is 0.371. The summed E-state index contributed by atoms with van der Waals surface area (Å²) >= 11 is 0. The van der Waals surface area contributed by atoms with E-state index in [-0.39, 0.29) is 17.0 Å². The molecule has 0 fully saturated rings. The third-order valence-corrected chi connectivity index (χ3v) is 3.58. The minimum absolute atomic E-state index is 0.0918. The lowest BCUT2D eigenvalue weighted by molar-refractivity contribution is -0.385. The zero-order chi connectivity index (χ0) is 17.1. The van der Waals surface area contributed by atoms with E-state index in [9.17, 15) is 14.9 Å². The van der Waals surface area contributed by atoms with Crippen LogP contribution < -0.4 is 9.47 Å². The summed E-state index contributed by atoms with van der Waals surface area (Å²) in [6.45, 7) is 5.69. The van der Waals surface area contributed by atoms with Crippen LogP contribution in [0.1, 0.15) is 27.0 Å². The maximum Gasteiger partial charge on any atom is 0.343 e. The van der Waals surface area contributed by atoms with Gasteiger partial charge in [0.05, 0.1) is 17.6 Å². The molecule has 120 valence electrons. The fraction of sp³-hybridized carbons (Fsp3) is 0.235. The van der Waals surface area contributed by atoms with E-state index < -0.39 is 10.9 Å². The lowest BCUT2D eigenvalue weighted by atomic mass is 10.1. The van der Waals surface area contributed by atoms with Crippen LogP contribution in [0.4, 0.5) is 5.69 Å². The molecule has 0 aromatic heterocycles. The van der Waals surface area contributed by atoms with Crippen molar-refractivity contribution in [1.29, 1.82) is 0 Å². The van der Waals surface area contributed by atoms with E-state index in [0.29, 0.717) is 5.75 Å². The highest BCUT2D eigenvalue weighted by Gasteiger charge is 2.20. The Morgan fingerprint density at radius 1 is 1.09 bits per heavy atom. The molecule has 0 aliphatic carbocycles. The molecule has 2 aromatic carbocycles. The van der Waals surface area contributed by atoms with Crippen molar-refractivity contribution < 1.29 is 19.2 Å². The summed E-state index contributed by atoms with van der Waals surface area (Å²) in [5, 5.41) is 11.0. The molecule has 0 atom stereocenters. The van der Waals surface area contributed by atoms with E-state index in [4.69, 9.17) is 9.47 Å². The van der Waals surface area contributed by atoms with E-state index in [0.717, 1.165) is 22.8 Å². The number of benzene rings is 2. The van der Waals surface area contributed by atoms with E-state index >= 15 is 0 Å². The van der Waals surface area contributed by atoms with Crippen LogP contribution in [0.25, 0.3) is 0 Å². The highest BCUT2D eigenvalue weighted by Crippen LogP contribution is 2.29. The number of aryl methyl sites for hydroxylation is 2. The molecule has 0 spiro atoms. The minimum Gasteiger partial charge on any atom is -0.490 e. The molecule has 0 bridgehead atoms. The minimum atomic E-state index is -0.649. The number of esters is 1. The first-order valence-corrected chi connectivity index (χ1v) is 6.96. The van der Waals surface area contributed by atoms with E-state index in [1.54, 1.807) is 6.07 Å². The van der Waals surface area contributed by atoms with Gasteiger partial charge < -0.3 is 9.47 Å². The number of carbonyl (C=O) groups is 1. The highest BCUT2D eigenvalue weighted by molar-refractivity contribution is 5.92. The second-order valence-corrected chi connectivity index (χ2v) is 5.24. The summed E-state index contributed by atoms with van der Waals surface area (Å²) in [6.07, 6.45) is 0. The standard InChI is InChI=1S/C17H17NO5/c1-10-7-11(2)12(3)16(8-10)23-17(19)13-5-6-15(22-4)14(9-13)18(20)21/h5-9H,1-4H3. The summed E-state index contributed by atoms with van der Waals surface area (Å²) in [4.78, 5) is 22.7. The molecule has 2 rings (SSSR count). The Labute approximate surface area is 133 Å². The predicted molar refractivity (Wildman–Crippen MR) is 85.3 cm³/mol. The fourth-order valence-corrected chi connectivity index (χ4v) is 2.23. The van der Waals surface area contributed by atoms with Crippen LogP contribution in [-0.4, -0.2) is 18.0 Å². The number of carbonyl (C=O) groups excluding carboxylic acids is 1. The molecule has 0 unspecified atom stereocenters. The lowest BCUT2D eigenvalue weighted by Crippen LogP contribution is -2.10. The molecule has 2 aromatic rings. The molecule has 23 heavy (non-hydrogen) atoms. The van der Waals surface area contributed by atoms with Crippen LogP contribution in [0, 0.1) is 30.9 Å². The fourth-order valence-electron chi connectivity index (χ4n) is 2.23. The zero-order valence-corrected chi connectivity index (χ0v) is 13.4. The molecule has 0 saturated heterocycles. The van der Waals surface area contributed by atoms with Crippen molar-refractivity contribution in [2.45, 2.75) is 20.8 Å². The Bertz CT molecular complexity index is 783. The first-order valence-electron chi connectivity index (χ1n) is 6.96. The normalized spacial score (nSPS) is 10.3. The summed E-state index contributed by atoms with van der Waals surface area (Å²) < 4.78 is 10.3.